The summed E-state index contributed by atoms with van der Waals surface area (Å²) in [7, 11) is 0. The third kappa shape index (κ3) is 3.31. The van der Waals surface area contributed by atoms with E-state index in [0.29, 0.717) is 12.4 Å². The molecule has 3 nitrogen and oxygen atoms in total. The molecule has 0 radical (unpaired) electrons. The normalized spacial score (nSPS) is 10.4. The van der Waals surface area contributed by atoms with Gasteiger partial charge in [0.15, 0.2) is 0 Å². The lowest BCUT2D eigenvalue weighted by atomic mass is 10.2. The zero-order valence-corrected chi connectivity index (χ0v) is 11.1. The molecule has 0 fully saturated rings. The Morgan fingerprint density at radius 3 is 2.67 bits per heavy atom. The van der Waals surface area contributed by atoms with Crippen LogP contribution in [0.3, 0.4) is 0 Å². The van der Waals surface area contributed by atoms with Crippen molar-refractivity contribution in [3.8, 4) is 0 Å². The van der Waals surface area contributed by atoms with E-state index < -0.39 is 5.82 Å². The molecule has 0 amide bonds. The van der Waals surface area contributed by atoms with Gasteiger partial charge in [0.2, 0.25) is 5.28 Å². The zero-order valence-electron chi connectivity index (χ0n) is 9.54. The fraction of sp³-hybridized carbons (Fsp3) is 0.167. The fourth-order valence-electron chi connectivity index (χ4n) is 1.47. The predicted molar refractivity (Wildman–Crippen MR) is 70.5 cm³/mol. The van der Waals surface area contributed by atoms with Crippen LogP contribution in [-0.2, 0) is 6.54 Å². The Morgan fingerprint density at radius 1 is 1.22 bits per heavy atom. The molecule has 0 spiro atoms. The van der Waals surface area contributed by atoms with Crippen LogP contribution in [0.5, 0.6) is 0 Å². The minimum atomic E-state index is -0.429. The summed E-state index contributed by atoms with van der Waals surface area (Å²) in [6.07, 6.45) is 0. The SMILES string of the molecule is Cc1cc(NCc2ccc(F)c(Cl)c2)nc(Cl)n1. The number of rotatable bonds is 3. The van der Waals surface area contributed by atoms with E-state index in [9.17, 15) is 4.39 Å². The maximum Gasteiger partial charge on any atom is 0.224 e. The van der Waals surface area contributed by atoms with Crippen LogP contribution in [0.1, 0.15) is 11.3 Å². The van der Waals surface area contributed by atoms with E-state index in [0.717, 1.165) is 11.3 Å². The Bertz CT molecular complexity index is 555. The highest BCUT2D eigenvalue weighted by molar-refractivity contribution is 6.30. The number of aryl methyl sites for hydroxylation is 1. The fourth-order valence-corrected chi connectivity index (χ4v) is 1.89. The molecule has 0 bridgehead atoms. The predicted octanol–water partition coefficient (Wildman–Crippen LogP) is 3.84. The van der Waals surface area contributed by atoms with Crippen LogP contribution >= 0.6 is 23.2 Å². The average molecular weight is 286 g/mol. The molecule has 0 atom stereocenters. The van der Waals surface area contributed by atoms with Crippen LogP contribution in [0, 0.1) is 12.7 Å². The molecule has 94 valence electrons. The number of aromatic nitrogens is 2. The lowest BCUT2D eigenvalue weighted by Gasteiger charge is -2.07. The Balaban J connectivity index is 2.08. The first-order valence-electron chi connectivity index (χ1n) is 5.23. The van der Waals surface area contributed by atoms with E-state index in [1.54, 1.807) is 18.2 Å². The molecule has 0 saturated heterocycles. The Morgan fingerprint density at radius 2 is 2.00 bits per heavy atom. The lowest BCUT2D eigenvalue weighted by Crippen LogP contribution is -2.03. The van der Waals surface area contributed by atoms with E-state index in [2.05, 4.69) is 15.3 Å². The average Bonchev–Trinajstić information content (AvgIpc) is 2.29. The standard InChI is InChI=1S/C12H10Cl2FN3/c1-7-4-11(18-12(14)17-7)16-6-8-2-3-10(15)9(13)5-8/h2-5H,6H2,1H3,(H,16,17,18). The van der Waals surface area contributed by atoms with Crippen LogP contribution in [-0.4, -0.2) is 9.97 Å². The molecule has 0 saturated carbocycles. The summed E-state index contributed by atoms with van der Waals surface area (Å²) in [6.45, 7) is 2.31. The van der Waals surface area contributed by atoms with Crippen molar-refractivity contribution in [2.45, 2.75) is 13.5 Å². The maximum absolute atomic E-state index is 13.0. The summed E-state index contributed by atoms with van der Waals surface area (Å²) in [6, 6.07) is 6.33. The summed E-state index contributed by atoms with van der Waals surface area (Å²) < 4.78 is 13.0. The monoisotopic (exact) mass is 285 g/mol. The van der Waals surface area contributed by atoms with Crippen molar-refractivity contribution in [1.82, 2.24) is 9.97 Å². The van der Waals surface area contributed by atoms with E-state index in [4.69, 9.17) is 23.2 Å². The van der Waals surface area contributed by atoms with Gasteiger partial charge in [-0.3, -0.25) is 0 Å². The summed E-state index contributed by atoms with van der Waals surface area (Å²) >= 11 is 11.4. The van der Waals surface area contributed by atoms with Gasteiger partial charge in [-0.1, -0.05) is 17.7 Å². The zero-order chi connectivity index (χ0) is 13.1. The number of benzene rings is 1. The second-order valence-corrected chi connectivity index (χ2v) is 4.51. The summed E-state index contributed by atoms with van der Waals surface area (Å²) in [4.78, 5) is 7.98. The van der Waals surface area contributed by atoms with Crippen molar-refractivity contribution < 1.29 is 4.39 Å². The Labute approximate surface area is 114 Å². The molecule has 2 aromatic rings. The summed E-state index contributed by atoms with van der Waals surface area (Å²) in [5.41, 5.74) is 1.63. The first-order valence-corrected chi connectivity index (χ1v) is 5.99. The molecule has 18 heavy (non-hydrogen) atoms. The number of halogens is 3. The summed E-state index contributed by atoms with van der Waals surface area (Å²) in [5, 5.41) is 3.37. The molecule has 1 aromatic heterocycles. The highest BCUT2D eigenvalue weighted by Crippen LogP contribution is 2.17. The smallest absolute Gasteiger partial charge is 0.224 e. The number of hydrogen-bond acceptors (Lipinski definition) is 3. The summed E-state index contributed by atoms with van der Waals surface area (Å²) in [5.74, 6) is 0.189. The van der Waals surface area contributed by atoms with Crippen molar-refractivity contribution in [1.29, 1.82) is 0 Å². The van der Waals surface area contributed by atoms with Crippen LogP contribution in [0.4, 0.5) is 10.2 Å². The van der Waals surface area contributed by atoms with Crippen molar-refractivity contribution in [3.05, 3.63) is 51.6 Å². The molecular formula is C12H10Cl2FN3. The maximum atomic E-state index is 13.0. The first-order chi connectivity index (χ1) is 8.54. The van der Waals surface area contributed by atoms with Gasteiger partial charge in [-0.05, 0) is 36.2 Å². The molecule has 6 heteroatoms. The van der Waals surface area contributed by atoms with Gasteiger partial charge in [0.1, 0.15) is 11.6 Å². The van der Waals surface area contributed by atoms with Crippen LogP contribution < -0.4 is 5.32 Å². The van der Waals surface area contributed by atoms with Crippen LogP contribution in [0.25, 0.3) is 0 Å². The van der Waals surface area contributed by atoms with E-state index in [1.807, 2.05) is 6.92 Å². The van der Waals surface area contributed by atoms with Crippen molar-refractivity contribution in [2.24, 2.45) is 0 Å². The van der Waals surface area contributed by atoms with Crippen molar-refractivity contribution in [2.75, 3.05) is 5.32 Å². The van der Waals surface area contributed by atoms with Gasteiger partial charge >= 0.3 is 0 Å². The van der Waals surface area contributed by atoms with Gasteiger partial charge in [-0.15, -0.1) is 0 Å². The third-order valence-electron chi connectivity index (χ3n) is 2.28. The second-order valence-electron chi connectivity index (χ2n) is 3.77. The minimum absolute atomic E-state index is 0.103. The van der Waals surface area contributed by atoms with E-state index in [1.165, 1.54) is 6.07 Å². The Hall–Kier alpha value is -1.39. The van der Waals surface area contributed by atoms with Crippen LogP contribution in [0.2, 0.25) is 10.3 Å². The topological polar surface area (TPSA) is 37.8 Å². The molecule has 1 aromatic carbocycles. The molecule has 1 heterocycles. The molecule has 0 unspecified atom stereocenters. The van der Waals surface area contributed by atoms with E-state index in [-0.39, 0.29) is 10.3 Å². The molecule has 0 aliphatic carbocycles. The molecule has 0 aliphatic rings. The van der Waals surface area contributed by atoms with Crippen molar-refractivity contribution >= 4 is 29.0 Å². The second kappa shape index (κ2) is 5.50. The third-order valence-corrected chi connectivity index (χ3v) is 2.74. The van der Waals surface area contributed by atoms with Crippen LogP contribution in [0.15, 0.2) is 24.3 Å². The number of nitrogens with one attached hydrogen (secondary N) is 1. The number of hydrogen-bond donors (Lipinski definition) is 1. The van der Waals surface area contributed by atoms with Gasteiger partial charge in [-0.25, -0.2) is 14.4 Å². The highest BCUT2D eigenvalue weighted by Gasteiger charge is 2.03. The Kier molecular flexibility index (Phi) is 3.99. The van der Waals surface area contributed by atoms with Gasteiger partial charge in [0.25, 0.3) is 0 Å². The molecule has 2 rings (SSSR count). The molecular weight excluding hydrogens is 276 g/mol. The first kappa shape index (κ1) is 13.1. The van der Waals surface area contributed by atoms with E-state index >= 15 is 0 Å². The number of anilines is 1. The van der Waals surface area contributed by atoms with Gasteiger partial charge in [-0.2, -0.15) is 0 Å². The van der Waals surface area contributed by atoms with Gasteiger partial charge in [0, 0.05) is 18.3 Å². The largest absolute Gasteiger partial charge is 0.366 e. The highest BCUT2D eigenvalue weighted by atomic mass is 35.5. The minimum Gasteiger partial charge on any atom is -0.366 e. The molecule has 1 N–H and O–H groups in total. The van der Waals surface area contributed by atoms with Crippen molar-refractivity contribution in [3.63, 3.8) is 0 Å². The lowest BCUT2D eigenvalue weighted by molar-refractivity contribution is 0.627. The van der Waals surface area contributed by atoms with Gasteiger partial charge in [0.05, 0.1) is 5.02 Å². The van der Waals surface area contributed by atoms with Gasteiger partial charge < -0.3 is 5.32 Å². The quantitative estimate of drug-likeness (QED) is 0.871. The molecule has 0 aliphatic heterocycles. The number of nitrogens with zero attached hydrogens (tertiary/aromatic N) is 2.